The van der Waals surface area contributed by atoms with E-state index in [0.29, 0.717) is 26.2 Å². The summed E-state index contributed by atoms with van der Waals surface area (Å²) in [6, 6.07) is 9.25. The fourth-order valence-electron chi connectivity index (χ4n) is 3.52. The highest BCUT2D eigenvalue weighted by atomic mass is 32.1. The summed E-state index contributed by atoms with van der Waals surface area (Å²) in [7, 11) is 0. The summed E-state index contributed by atoms with van der Waals surface area (Å²) >= 11 is 1.61. The van der Waals surface area contributed by atoms with Crippen molar-refractivity contribution >= 4 is 44.0 Å². The van der Waals surface area contributed by atoms with Gasteiger partial charge in [-0.2, -0.15) is 0 Å². The highest BCUT2D eigenvalue weighted by Gasteiger charge is 2.27. The summed E-state index contributed by atoms with van der Waals surface area (Å²) in [5.74, 6) is -0.455. The first kappa shape index (κ1) is 20.7. The highest BCUT2D eigenvalue weighted by Crippen LogP contribution is 2.31. The molecule has 1 aliphatic rings. The average molecular weight is 441 g/mol. The van der Waals surface area contributed by atoms with Gasteiger partial charge in [-0.3, -0.25) is 25.0 Å². The quantitative estimate of drug-likeness (QED) is 0.437. The van der Waals surface area contributed by atoms with Gasteiger partial charge >= 0.3 is 0 Å². The van der Waals surface area contributed by atoms with Gasteiger partial charge in [0.25, 0.3) is 17.3 Å². The number of rotatable bonds is 5. The molecule has 4 rings (SSSR count). The van der Waals surface area contributed by atoms with Gasteiger partial charge in [-0.05, 0) is 24.1 Å². The van der Waals surface area contributed by atoms with Crippen LogP contribution in [0.4, 0.5) is 16.5 Å². The van der Waals surface area contributed by atoms with Gasteiger partial charge in [-0.25, -0.2) is 4.98 Å². The lowest BCUT2D eigenvalue weighted by atomic mass is 10.1. The first-order valence-electron chi connectivity index (χ1n) is 9.73. The van der Waals surface area contributed by atoms with Crippen molar-refractivity contribution in [1.82, 2.24) is 9.88 Å². The zero-order valence-corrected chi connectivity index (χ0v) is 17.5. The molecule has 0 unspecified atom stereocenters. The van der Waals surface area contributed by atoms with E-state index in [4.69, 9.17) is 4.98 Å². The maximum atomic E-state index is 12.9. The number of aromatic nitrogens is 1. The summed E-state index contributed by atoms with van der Waals surface area (Å²) in [5, 5.41) is 23.1. The number of carbonyl (C=O) groups excluding carboxylic acids is 1. The minimum absolute atomic E-state index is 0.0542. The van der Waals surface area contributed by atoms with Crippen molar-refractivity contribution in [2.45, 2.75) is 13.3 Å². The Hall–Kier alpha value is -3.60. The van der Waals surface area contributed by atoms with E-state index >= 15 is 0 Å². The number of amides is 1. The molecule has 31 heavy (non-hydrogen) atoms. The van der Waals surface area contributed by atoms with Crippen molar-refractivity contribution < 1.29 is 14.6 Å². The molecule has 11 heteroatoms. The SMILES string of the molecule is CCc1ccc2nc(N3CCN(C(=O)c4cc([N+](=O)[O-])cc([N+](=O)[O-])c4)CC3)sc2c1. The lowest BCUT2D eigenvalue weighted by Crippen LogP contribution is -2.48. The van der Waals surface area contributed by atoms with E-state index in [-0.39, 0.29) is 5.56 Å². The fourth-order valence-corrected chi connectivity index (χ4v) is 4.61. The Morgan fingerprint density at radius 2 is 1.68 bits per heavy atom. The number of fused-ring (bicyclic) bond motifs is 1. The summed E-state index contributed by atoms with van der Waals surface area (Å²) in [4.78, 5) is 41.9. The summed E-state index contributed by atoms with van der Waals surface area (Å²) in [6.45, 7) is 4.01. The minimum Gasteiger partial charge on any atom is -0.345 e. The van der Waals surface area contributed by atoms with Crippen LogP contribution in [0.1, 0.15) is 22.8 Å². The monoisotopic (exact) mass is 441 g/mol. The lowest BCUT2D eigenvalue weighted by molar-refractivity contribution is -0.394. The molecule has 1 amide bonds. The Labute approximate surface area is 181 Å². The number of thiazole rings is 1. The van der Waals surface area contributed by atoms with E-state index in [0.717, 1.165) is 40.0 Å². The van der Waals surface area contributed by atoms with Crippen molar-refractivity contribution in [3.05, 3.63) is 67.8 Å². The van der Waals surface area contributed by atoms with E-state index in [1.807, 2.05) is 6.07 Å². The van der Waals surface area contributed by atoms with Crippen molar-refractivity contribution in [3.8, 4) is 0 Å². The summed E-state index contributed by atoms with van der Waals surface area (Å²) < 4.78 is 1.12. The maximum Gasteiger partial charge on any atom is 0.277 e. The van der Waals surface area contributed by atoms with Crippen LogP contribution < -0.4 is 4.90 Å². The first-order valence-corrected chi connectivity index (χ1v) is 10.5. The third kappa shape index (κ3) is 4.17. The number of aryl methyl sites for hydroxylation is 1. The predicted octanol–water partition coefficient (Wildman–Crippen LogP) is 3.64. The van der Waals surface area contributed by atoms with Gasteiger partial charge in [0.2, 0.25) is 0 Å². The molecule has 0 aliphatic carbocycles. The molecule has 160 valence electrons. The molecule has 1 saturated heterocycles. The van der Waals surface area contributed by atoms with Crippen LogP contribution in [0, 0.1) is 20.2 Å². The van der Waals surface area contributed by atoms with Crippen LogP contribution in [-0.2, 0) is 6.42 Å². The van der Waals surface area contributed by atoms with Crippen LogP contribution in [0.15, 0.2) is 36.4 Å². The van der Waals surface area contributed by atoms with Crippen LogP contribution in [0.3, 0.4) is 0 Å². The smallest absolute Gasteiger partial charge is 0.277 e. The van der Waals surface area contributed by atoms with Gasteiger partial charge in [0.1, 0.15) is 0 Å². The molecule has 0 atom stereocenters. The number of hydrogen-bond donors (Lipinski definition) is 0. The topological polar surface area (TPSA) is 123 Å². The van der Waals surface area contributed by atoms with Gasteiger partial charge in [0.05, 0.1) is 31.7 Å². The van der Waals surface area contributed by atoms with Gasteiger partial charge < -0.3 is 9.80 Å². The van der Waals surface area contributed by atoms with E-state index in [2.05, 4.69) is 24.0 Å². The van der Waals surface area contributed by atoms with Crippen molar-refractivity contribution in [2.75, 3.05) is 31.1 Å². The number of nitrogens with zero attached hydrogens (tertiary/aromatic N) is 5. The Morgan fingerprint density at radius 3 is 2.26 bits per heavy atom. The number of nitro groups is 2. The Morgan fingerprint density at radius 1 is 1.03 bits per heavy atom. The molecule has 0 saturated carbocycles. The molecule has 0 spiro atoms. The highest BCUT2D eigenvalue weighted by molar-refractivity contribution is 7.22. The molecule has 1 fully saturated rings. The normalized spacial score (nSPS) is 14.1. The molecule has 3 aromatic rings. The molecular formula is C20H19N5O5S. The fraction of sp³-hybridized carbons (Fsp3) is 0.300. The zero-order chi connectivity index (χ0) is 22.1. The van der Waals surface area contributed by atoms with Crippen molar-refractivity contribution in [1.29, 1.82) is 0 Å². The molecule has 1 aliphatic heterocycles. The Bertz CT molecular complexity index is 1150. The van der Waals surface area contributed by atoms with Gasteiger partial charge in [0.15, 0.2) is 5.13 Å². The van der Waals surface area contributed by atoms with Crippen molar-refractivity contribution in [2.24, 2.45) is 0 Å². The molecule has 0 N–H and O–H groups in total. The number of benzene rings is 2. The van der Waals surface area contributed by atoms with Crippen LogP contribution in [-0.4, -0.2) is 51.8 Å². The lowest BCUT2D eigenvalue weighted by Gasteiger charge is -2.34. The summed E-state index contributed by atoms with van der Waals surface area (Å²) in [6.07, 6.45) is 0.958. The molecule has 1 aromatic heterocycles. The molecule has 2 heterocycles. The molecule has 10 nitrogen and oxygen atoms in total. The second-order valence-electron chi connectivity index (χ2n) is 7.18. The largest absolute Gasteiger partial charge is 0.345 e. The van der Waals surface area contributed by atoms with Crippen LogP contribution >= 0.6 is 11.3 Å². The van der Waals surface area contributed by atoms with Gasteiger partial charge in [0, 0.05) is 38.3 Å². The predicted molar refractivity (Wildman–Crippen MR) is 117 cm³/mol. The van der Waals surface area contributed by atoms with E-state index in [1.165, 1.54) is 5.56 Å². The average Bonchev–Trinajstić information content (AvgIpc) is 3.21. The molecule has 0 bridgehead atoms. The second kappa shape index (κ2) is 8.26. The van der Waals surface area contributed by atoms with Gasteiger partial charge in [-0.1, -0.05) is 24.3 Å². The number of hydrogen-bond acceptors (Lipinski definition) is 8. The summed E-state index contributed by atoms with van der Waals surface area (Å²) in [5.41, 5.74) is 1.19. The molecule has 0 radical (unpaired) electrons. The first-order chi connectivity index (χ1) is 14.9. The van der Waals surface area contributed by atoms with Crippen LogP contribution in [0.2, 0.25) is 0 Å². The van der Waals surface area contributed by atoms with E-state index in [1.54, 1.807) is 16.2 Å². The number of carbonyl (C=O) groups is 1. The number of anilines is 1. The number of nitro benzene ring substituents is 2. The van der Waals surface area contributed by atoms with E-state index < -0.39 is 27.1 Å². The second-order valence-corrected chi connectivity index (χ2v) is 8.19. The van der Waals surface area contributed by atoms with Crippen LogP contribution in [0.5, 0.6) is 0 Å². The van der Waals surface area contributed by atoms with Crippen molar-refractivity contribution in [3.63, 3.8) is 0 Å². The zero-order valence-electron chi connectivity index (χ0n) is 16.7. The molecule has 2 aromatic carbocycles. The van der Waals surface area contributed by atoms with E-state index in [9.17, 15) is 25.0 Å². The van der Waals surface area contributed by atoms with Crippen LogP contribution in [0.25, 0.3) is 10.2 Å². The van der Waals surface area contributed by atoms with Gasteiger partial charge in [-0.15, -0.1) is 0 Å². The number of piperazine rings is 1. The number of non-ortho nitro benzene ring substituents is 2. The molecular weight excluding hydrogens is 422 g/mol. The standard InChI is InChI=1S/C20H19N5O5S/c1-2-13-3-4-17-18(9-13)31-20(21-17)23-7-5-22(6-8-23)19(26)14-10-15(24(27)28)12-16(11-14)25(29)30/h3-4,9-12H,2,5-8H2,1H3. The third-order valence-corrected chi connectivity index (χ3v) is 6.34. The Balaban J connectivity index is 1.49. The minimum atomic E-state index is -0.737. The maximum absolute atomic E-state index is 12.9. The third-order valence-electron chi connectivity index (χ3n) is 5.26. The Kier molecular flexibility index (Phi) is 5.51.